The van der Waals surface area contributed by atoms with E-state index >= 15 is 0 Å². The van der Waals surface area contributed by atoms with Gasteiger partial charge in [-0.05, 0) is 77.0 Å². The number of unbranched alkanes of at least 4 members (excludes halogenated alkanes) is 26. The third-order valence-electron chi connectivity index (χ3n) is 10.3. The molecule has 4 heteroatoms. The second kappa shape index (κ2) is 48.2. The van der Waals surface area contributed by atoms with Crippen molar-refractivity contribution in [1.29, 1.82) is 0 Å². The molecular weight excluding hydrogens is 677 g/mol. The maximum atomic E-state index is 12.2. The van der Waals surface area contributed by atoms with Crippen molar-refractivity contribution >= 4 is 5.97 Å². The van der Waals surface area contributed by atoms with E-state index in [4.69, 9.17) is 9.47 Å². The van der Waals surface area contributed by atoms with Crippen LogP contribution in [-0.2, 0) is 14.3 Å². The summed E-state index contributed by atoms with van der Waals surface area (Å²) >= 11 is 0. The molecule has 320 valence electrons. The summed E-state index contributed by atoms with van der Waals surface area (Å²) in [6.45, 7) is 5.24. The average Bonchev–Trinajstić information content (AvgIpc) is 3.19. The average molecular weight is 769 g/mol. The number of hydrogen-bond donors (Lipinski definition) is 1. The highest BCUT2D eigenvalue weighted by Gasteiger charge is 2.13. The lowest BCUT2D eigenvalue weighted by molar-refractivity contribution is -0.154. The van der Waals surface area contributed by atoms with Gasteiger partial charge in [-0.1, -0.05) is 209 Å². The Balaban J connectivity index is 3.42. The Labute approximate surface area is 343 Å². The number of rotatable bonds is 44. The van der Waals surface area contributed by atoms with E-state index in [0.29, 0.717) is 19.6 Å². The highest BCUT2D eigenvalue weighted by molar-refractivity contribution is 5.69. The predicted octanol–water partition coefficient (Wildman–Crippen LogP) is 16.0. The molecule has 0 amide bonds. The van der Waals surface area contributed by atoms with Crippen LogP contribution in [0.2, 0.25) is 0 Å². The minimum absolute atomic E-state index is 0.174. The molecule has 0 aromatic rings. The van der Waals surface area contributed by atoms with Crippen LogP contribution in [-0.4, -0.2) is 37.0 Å². The smallest absolute Gasteiger partial charge is 0.306 e. The Hall–Kier alpha value is -1.91. The first-order valence-corrected chi connectivity index (χ1v) is 23.9. The lowest BCUT2D eigenvalue weighted by Crippen LogP contribution is -2.27. The molecule has 0 bridgehead atoms. The molecule has 0 heterocycles. The van der Waals surface area contributed by atoms with Crippen LogP contribution in [0.25, 0.3) is 0 Å². The Kier molecular flexibility index (Phi) is 46.6. The molecule has 0 saturated carbocycles. The van der Waals surface area contributed by atoms with Crippen LogP contribution < -0.4 is 0 Å². The molecule has 0 rings (SSSR count). The van der Waals surface area contributed by atoms with Crippen molar-refractivity contribution in [2.75, 3.05) is 19.8 Å². The zero-order chi connectivity index (χ0) is 39.8. The van der Waals surface area contributed by atoms with Gasteiger partial charge in [0.1, 0.15) is 6.10 Å². The highest BCUT2D eigenvalue weighted by Crippen LogP contribution is 2.14. The van der Waals surface area contributed by atoms with Crippen LogP contribution in [0.1, 0.15) is 232 Å². The van der Waals surface area contributed by atoms with Crippen LogP contribution in [0.15, 0.2) is 60.8 Å². The number of ether oxygens (including phenoxy) is 2. The van der Waals surface area contributed by atoms with Gasteiger partial charge in [-0.15, -0.1) is 0 Å². The van der Waals surface area contributed by atoms with Crippen molar-refractivity contribution in [3.8, 4) is 0 Å². The summed E-state index contributed by atoms with van der Waals surface area (Å²) in [5, 5.41) is 9.63. The molecule has 0 aliphatic heterocycles. The second-order valence-electron chi connectivity index (χ2n) is 15.8. The Morgan fingerprint density at radius 2 is 0.818 bits per heavy atom. The van der Waals surface area contributed by atoms with Crippen LogP contribution in [0.3, 0.4) is 0 Å². The maximum Gasteiger partial charge on any atom is 0.306 e. The monoisotopic (exact) mass is 769 g/mol. The van der Waals surface area contributed by atoms with E-state index in [9.17, 15) is 9.90 Å². The number of carbonyl (C=O) groups is 1. The summed E-state index contributed by atoms with van der Waals surface area (Å²) in [5.41, 5.74) is 0. The Morgan fingerprint density at radius 3 is 1.25 bits per heavy atom. The van der Waals surface area contributed by atoms with Gasteiger partial charge in [0.05, 0.1) is 13.2 Å². The fraction of sp³-hybridized carbons (Fsp3) is 0.784. The van der Waals surface area contributed by atoms with Gasteiger partial charge in [0.15, 0.2) is 0 Å². The van der Waals surface area contributed by atoms with Crippen molar-refractivity contribution in [2.24, 2.45) is 0 Å². The zero-order valence-corrected chi connectivity index (χ0v) is 36.7. The normalized spacial score (nSPS) is 12.9. The molecule has 0 radical (unpaired) electrons. The van der Waals surface area contributed by atoms with Gasteiger partial charge in [0, 0.05) is 13.0 Å². The fourth-order valence-corrected chi connectivity index (χ4v) is 6.79. The summed E-state index contributed by atoms with van der Waals surface area (Å²) < 4.78 is 11.2. The molecule has 0 spiro atoms. The molecule has 0 aromatic carbocycles. The summed E-state index contributed by atoms with van der Waals surface area (Å²) in [4.78, 5) is 12.2. The molecule has 0 saturated heterocycles. The van der Waals surface area contributed by atoms with Gasteiger partial charge in [0.25, 0.3) is 0 Å². The third-order valence-corrected chi connectivity index (χ3v) is 10.3. The van der Waals surface area contributed by atoms with E-state index in [0.717, 1.165) is 44.9 Å². The van der Waals surface area contributed by atoms with Gasteiger partial charge in [-0.25, -0.2) is 0 Å². The number of aliphatic hydroxyl groups is 1. The van der Waals surface area contributed by atoms with Gasteiger partial charge in [0.2, 0.25) is 0 Å². The van der Waals surface area contributed by atoms with Gasteiger partial charge < -0.3 is 14.6 Å². The Bertz CT molecular complexity index is 900. The minimum Gasteiger partial charge on any atom is -0.457 e. The third kappa shape index (κ3) is 46.4. The maximum absolute atomic E-state index is 12.2. The molecule has 55 heavy (non-hydrogen) atoms. The van der Waals surface area contributed by atoms with Crippen LogP contribution >= 0.6 is 0 Å². The summed E-state index contributed by atoms with van der Waals surface area (Å²) in [6.07, 6.45) is 64.4. The standard InChI is InChI=1S/C51H92O4/c1-3-5-7-9-11-13-15-17-19-21-23-24-25-26-27-29-31-33-35-37-39-41-43-45-47-54-49-50(48-52)55-51(53)46-44-42-40-38-36-34-32-30-28-22-20-18-16-14-12-10-8-6-4-2/h5,7,11,13,17-20,23-24,50,52H,3-4,6,8-10,12,14-16,21-22,25-49H2,1-2H3/b7-5-,13-11-,19-17-,20-18-,24-23-. The van der Waals surface area contributed by atoms with E-state index in [2.05, 4.69) is 74.6 Å². The molecule has 0 fully saturated rings. The van der Waals surface area contributed by atoms with Gasteiger partial charge in [-0.3, -0.25) is 4.79 Å². The molecule has 0 aromatic heterocycles. The first kappa shape index (κ1) is 53.1. The highest BCUT2D eigenvalue weighted by atomic mass is 16.6. The van der Waals surface area contributed by atoms with Crippen molar-refractivity contribution in [1.82, 2.24) is 0 Å². The number of carbonyl (C=O) groups excluding carboxylic acids is 1. The van der Waals surface area contributed by atoms with Crippen molar-refractivity contribution in [3.63, 3.8) is 0 Å². The molecular formula is C51H92O4. The molecule has 0 aliphatic rings. The largest absolute Gasteiger partial charge is 0.457 e. The van der Waals surface area contributed by atoms with E-state index in [1.807, 2.05) is 0 Å². The molecule has 1 unspecified atom stereocenters. The lowest BCUT2D eigenvalue weighted by atomic mass is 10.1. The molecule has 0 aliphatic carbocycles. The summed E-state index contributed by atoms with van der Waals surface area (Å²) in [7, 11) is 0. The zero-order valence-electron chi connectivity index (χ0n) is 36.7. The van der Waals surface area contributed by atoms with E-state index in [1.165, 1.54) is 167 Å². The Morgan fingerprint density at radius 1 is 0.455 bits per heavy atom. The van der Waals surface area contributed by atoms with Crippen LogP contribution in [0, 0.1) is 0 Å². The number of esters is 1. The lowest BCUT2D eigenvalue weighted by Gasteiger charge is -2.16. The predicted molar refractivity (Wildman–Crippen MR) is 242 cm³/mol. The number of hydrogen-bond acceptors (Lipinski definition) is 4. The second-order valence-corrected chi connectivity index (χ2v) is 15.8. The van der Waals surface area contributed by atoms with Crippen molar-refractivity contribution in [2.45, 2.75) is 238 Å². The first-order chi connectivity index (χ1) is 27.2. The summed E-state index contributed by atoms with van der Waals surface area (Å²) in [6, 6.07) is 0. The minimum atomic E-state index is -0.539. The summed E-state index contributed by atoms with van der Waals surface area (Å²) in [5.74, 6) is -0.203. The number of allylic oxidation sites excluding steroid dienone is 10. The molecule has 4 nitrogen and oxygen atoms in total. The number of aliphatic hydroxyl groups excluding tert-OH is 1. The topological polar surface area (TPSA) is 55.8 Å². The van der Waals surface area contributed by atoms with Gasteiger partial charge in [-0.2, -0.15) is 0 Å². The van der Waals surface area contributed by atoms with Crippen molar-refractivity contribution < 1.29 is 19.4 Å². The van der Waals surface area contributed by atoms with Crippen LogP contribution in [0.5, 0.6) is 0 Å². The van der Waals surface area contributed by atoms with E-state index in [-0.39, 0.29) is 12.6 Å². The van der Waals surface area contributed by atoms with E-state index in [1.54, 1.807) is 0 Å². The van der Waals surface area contributed by atoms with Crippen molar-refractivity contribution in [3.05, 3.63) is 60.8 Å². The van der Waals surface area contributed by atoms with Gasteiger partial charge >= 0.3 is 5.97 Å². The molecule has 1 atom stereocenters. The van der Waals surface area contributed by atoms with Crippen LogP contribution in [0.4, 0.5) is 0 Å². The fourth-order valence-electron chi connectivity index (χ4n) is 6.79. The molecule has 1 N–H and O–H groups in total. The van der Waals surface area contributed by atoms with E-state index < -0.39 is 6.10 Å². The first-order valence-electron chi connectivity index (χ1n) is 23.9. The quantitative estimate of drug-likeness (QED) is 0.0381. The SMILES string of the molecule is CC/C=C\C/C=C\C/C=C\C/C=C\CCCCCCCCCCCCCOCC(CO)OC(=O)CCCCCCCCCCC/C=C\CCCCCCCC.